The molecule has 1 aromatic heterocycles. The van der Waals surface area contributed by atoms with Gasteiger partial charge in [-0.15, -0.1) is 0 Å². The second-order valence-corrected chi connectivity index (χ2v) is 4.73. The van der Waals surface area contributed by atoms with Crippen molar-refractivity contribution in [2.75, 3.05) is 13.7 Å². The molecule has 4 heteroatoms. The van der Waals surface area contributed by atoms with Gasteiger partial charge < -0.3 is 14.4 Å². The molecule has 2 rings (SSSR count). The van der Waals surface area contributed by atoms with Crippen LogP contribution in [0.4, 0.5) is 0 Å². The predicted octanol–water partition coefficient (Wildman–Crippen LogP) is 2.20. The number of carbonyl (C=O) groups is 1. The fraction of sp³-hybridized carbons (Fsp3) is 0.235. The lowest BCUT2D eigenvalue weighted by atomic mass is 10.1. The number of benzene rings is 1. The standard InChI is InChI=1S/C17H17NO3/c1-13-8-9-16(21-13)17(20)18(2)12-15-6-3-5-14(11-15)7-4-10-19/h3,5-6,8-9,11,19H,10,12H2,1-2H3. The molecule has 1 N–H and O–H groups in total. The minimum absolute atomic E-state index is 0.157. The van der Waals surface area contributed by atoms with Crippen LogP contribution in [-0.2, 0) is 6.54 Å². The Kier molecular flexibility index (Phi) is 4.81. The third-order valence-electron chi connectivity index (χ3n) is 2.96. The van der Waals surface area contributed by atoms with Gasteiger partial charge in [0.2, 0.25) is 0 Å². The zero-order valence-electron chi connectivity index (χ0n) is 12.1. The Labute approximate surface area is 124 Å². The highest BCUT2D eigenvalue weighted by Crippen LogP contribution is 2.12. The van der Waals surface area contributed by atoms with Gasteiger partial charge in [0.15, 0.2) is 5.76 Å². The maximum Gasteiger partial charge on any atom is 0.289 e. The molecule has 0 aliphatic carbocycles. The van der Waals surface area contributed by atoms with Crippen LogP contribution >= 0.6 is 0 Å². The van der Waals surface area contributed by atoms with Gasteiger partial charge in [0.1, 0.15) is 12.4 Å². The van der Waals surface area contributed by atoms with Crippen molar-refractivity contribution in [3.63, 3.8) is 0 Å². The molecule has 1 amide bonds. The minimum atomic E-state index is -0.166. The highest BCUT2D eigenvalue weighted by Gasteiger charge is 2.15. The zero-order chi connectivity index (χ0) is 15.2. The quantitative estimate of drug-likeness (QED) is 0.879. The number of hydrogen-bond donors (Lipinski definition) is 1. The molecule has 0 aliphatic heterocycles. The van der Waals surface area contributed by atoms with Gasteiger partial charge in [-0.05, 0) is 36.8 Å². The van der Waals surface area contributed by atoms with E-state index in [9.17, 15) is 4.79 Å². The predicted molar refractivity (Wildman–Crippen MR) is 79.6 cm³/mol. The van der Waals surface area contributed by atoms with Gasteiger partial charge in [-0.25, -0.2) is 0 Å². The fourth-order valence-electron chi connectivity index (χ4n) is 1.97. The number of aliphatic hydroxyl groups excluding tert-OH is 1. The summed E-state index contributed by atoms with van der Waals surface area (Å²) >= 11 is 0. The summed E-state index contributed by atoms with van der Waals surface area (Å²) in [6.45, 7) is 2.10. The Balaban J connectivity index is 2.08. The van der Waals surface area contributed by atoms with Crippen LogP contribution in [-0.4, -0.2) is 29.6 Å². The van der Waals surface area contributed by atoms with E-state index in [1.54, 1.807) is 31.0 Å². The highest BCUT2D eigenvalue weighted by atomic mass is 16.3. The highest BCUT2D eigenvalue weighted by molar-refractivity contribution is 5.91. The summed E-state index contributed by atoms with van der Waals surface area (Å²) < 4.78 is 5.34. The number of amides is 1. The van der Waals surface area contributed by atoms with Crippen molar-refractivity contribution < 1.29 is 14.3 Å². The molecule has 0 bridgehead atoms. The molecule has 0 unspecified atom stereocenters. The lowest BCUT2D eigenvalue weighted by molar-refractivity contribution is 0.0752. The van der Waals surface area contributed by atoms with E-state index in [1.807, 2.05) is 24.3 Å². The van der Waals surface area contributed by atoms with E-state index < -0.39 is 0 Å². The molecule has 0 fully saturated rings. The lowest BCUT2D eigenvalue weighted by Crippen LogP contribution is -2.25. The Bertz CT molecular complexity index is 691. The van der Waals surface area contributed by atoms with Crippen molar-refractivity contribution in [1.29, 1.82) is 0 Å². The summed E-state index contributed by atoms with van der Waals surface area (Å²) in [4.78, 5) is 13.8. The second-order valence-electron chi connectivity index (χ2n) is 4.73. The van der Waals surface area contributed by atoms with E-state index in [4.69, 9.17) is 9.52 Å². The SMILES string of the molecule is Cc1ccc(C(=O)N(C)Cc2cccc(C#CCO)c2)o1. The number of rotatable bonds is 3. The molecular formula is C17H17NO3. The van der Waals surface area contributed by atoms with E-state index in [1.165, 1.54) is 0 Å². The van der Waals surface area contributed by atoms with Crippen LogP contribution in [0.5, 0.6) is 0 Å². The number of furan rings is 1. The molecule has 0 radical (unpaired) electrons. The molecule has 2 aromatic rings. The second kappa shape index (κ2) is 6.78. The van der Waals surface area contributed by atoms with Gasteiger partial charge in [0.25, 0.3) is 5.91 Å². The van der Waals surface area contributed by atoms with Crippen LogP contribution in [0.2, 0.25) is 0 Å². The summed E-state index contributed by atoms with van der Waals surface area (Å²) in [5.41, 5.74) is 1.79. The van der Waals surface area contributed by atoms with Gasteiger partial charge in [-0.2, -0.15) is 0 Å². The molecule has 21 heavy (non-hydrogen) atoms. The molecule has 1 heterocycles. The van der Waals surface area contributed by atoms with Crippen molar-refractivity contribution in [2.45, 2.75) is 13.5 Å². The van der Waals surface area contributed by atoms with Crippen LogP contribution in [0, 0.1) is 18.8 Å². The van der Waals surface area contributed by atoms with Crippen LogP contribution in [0.1, 0.15) is 27.4 Å². The first-order valence-corrected chi connectivity index (χ1v) is 6.60. The van der Waals surface area contributed by atoms with Crippen molar-refractivity contribution in [3.8, 4) is 11.8 Å². The maximum absolute atomic E-state index is 12.2. The number of nitrogens with zero attached hydrogens (tertiary/aromatic N) is 1. The summed E-state index contributed by atoms with van der Waals surface area (Å²) in [6.07, 6.45) is 0. The fourth-order valence-corrected chi connectivity index (χ4v) is 1.97. The normalized spacial score (nSPS) is 9.86. The Morgan fingerprint density at radius 2 is 2.14 bits per heavy atom. The van der Waals surface area contributed by atoms with Gasteiger partial charge in [-0.3, -0.25) is 4.79 Å². The molecular weight excluding hydrogens is 266 g/mol. The molecule has 0 atom stereocenters. The molecule has 0 spiro atoms. The van der Waals surface area contributed by atoms with Crippen LogP contribution < -0.4 is 0 Å². The first kappa shape index (κ1) is 14.9. The minimum Gasteiger partial charge on any atom is -0.456 e. The molecule has 4 nitrogen and oxygen atoms in total. The van der Waals surface area contributed by atoms with Crippen LogP contribution in [0.3, 0.4) is 0 Å². The van der Waals surface area contributed by atoms with Gasteiger partial charge in [0.05, 0.1) is 0 Å². The van der Waals surface area contributed by atoms with Crippen LogP contribution in [0.15, 0.2) is 40.8 Å². The number of aliphatic hydroxyl groups is 1. The summed E-state index contributed by atoms with van der Waals surface area (Å²) in [5.74, 6) is 6.35. The summed E-state index contributed by atoms with van der Waals surface area (Å²) in [6, 6.07) is 11.0. The topological polar surface area (TPSA) is 53.7 Å². The van der Waals surface area contributed by atoms with Crippen molar-refractivity contribution >= 4 is 5.91 Å². The third kappa shape index (κ3) is 3.98. The van der Waals surface area contributed by atoms with E-state index in [-0.39, 0.29) is 12.5 Å². The van der Waals surface area contributed by atoms with Crippen molar-refractivity contribution in [2.24, 2.45) is 0 Å². The van der Waals surface area contributed by atoms with E-state index in [0.29, 0.717) is 18.1 Å². The largest absolute Gasteiger partial charge is 0.456 e. The molecule has 0 aliphatic rings. The molecule has 1 aromatic carbocycles. The monoisotopic (exact) mass is 283 g/mol. The first-order valence-electron chi connectivity index (χ1n) is 6.60. The van der Waals surface area contributed by atoms with Crippen molar-refractivity contribution in [3.05, 3.63) is 59.0 Å². The Morgan fingerprint density at radius 1 is 1.33 bits per heavy atom. The number of hydrogen-bond acceptors (Lipinski definition) is 3. The number of aryl methyl sites for hydroxylation is 1. The summed E-state index contributed by atoms with van der Waals surface area (Å²) in [7, 11) is 1.73. The zero-order valence-corrected chi connectivity index (χ0v) is 12.1. The maximum atomic E-state index is 12.2. The Hall–Kier alpha value is -2.51. The third-order valence-corrected chi connectivity index (χ3v) is 2.96. The molecule has 0 saturated carbocycles. The van der Waals surface area contributed by atoms with Crippen LogP contribution in [0.25, 0.3) is 0 Å². The molecule has 108 valence electrons. The lowest BCUT2D eigenvalue weighted by Gasteiger charge is -2.16. The Morgan fingerprint density at radius 3 is 2.81 bits per heavy atom. The van der Waals surface area contributed by atoms with Gasteiger partial charge in [-0.1, -0.05) is 24.0 Å². The average Bonchev–Trinajstić information content (AvgIpc) is 2.91. The first-order chi connectivity index (χ1) is 10.1. The number of carbonyl (C=O) groups excluding carboxylic acids is 1. The average molecular weight is 283 g/mol. The van der Waals surface area contributed by atoms with Crippen molar-refractivity contribution in [1.82, 2.24) is 4.90 Å². The molecule has 0 saturated heterocycles. The van der Waals surface area contributed by atoms with Gasteiger partial charge in [0, 0.05) is 19.2 Å². The van der Waals surface area contributed by atoms with E-state index >= 15 is 0 Å². The smallest absolute Gasteiger partial charge is 0.289 e. The summed E-state index contributed by atoms with van der Waals surface area (Å²) in [5, 5.41) is 8.71. The van der Waals surface area contributed by atoms with E-state index in [2.05, 4.69) is 11.8 Å². The van der Waals surface area contributed by atoms with E-state index in [0.717, 1.165) is 11.1 Å². The van der Waals surface area contributed by atoms with Gasteiger partial charge >= 0.3 is 0 Å².